The molecule has 1 N–H and O–H groups in total. The number of rotatable bonds is 1. The Morgan fingerprint density at radius 2 is 2.14 bits per heavy atom. The summed E-state index contributed by atoms with van der Waals surface area (Å²) in [5.41, 5.74) is 0.711. The molecule has 2 aromatic rings. The van der Waals surface area contributed by atoms with Crippen molar-refractivity contribution in [3.05, 3.63) is 42.0 Å². The van der Waals surface area contributed by atoms with Crippen LogP contribution in [0.4, 0.5) is 0 Å². The number of benzene rings is 2. The van der Waals surface area contributed by atoms with Gasteiger partial charge in [0, 0.05) is 23.9 Å². The topological polar surface area (TPSA) is 32.7 Å². The minimum atomic E-state index is -0.426. The van der Waals surface area contributed by atoms with E-state index in [0.29, 0.717) is 6.42 Å². The summed E-state index contributed by atoms with van der Waals surface area (Å²) in [5.74, 6) is 0.898. The number of hydrogen-bond donors (Lipinski definition) is 1. The Kier molecular flexibility index (Phi) is 3.35. The lowest BCUT2D eigenvalue weighted by Crippen LogP contribution is -2.54. The second-order valence-corrected chi connectivity index (χ2v) is 6.68. The molecule has 2 atom stereocenters. The highest BCUT2D eigenvalue weighted by Crippen LogP contribution is 2.46. The fraction of sp³-hybridized carbons (Fsp3) is 0.474. The van der Waals surface area contributed by atoms with Crippen molar-refractivity contribution in [2.75, 3.05) is 19.6 Å². The van der Waals surface area contributed by atoms with Crippen molar-refractivity contribution in [3.8, 4) is 5.75 Å². The molecule has 0 amide bonds. The maximum Gasteiger partial charge on any atom is 0.133 e. The molecule has 2 aliphatic rings. The van der Waals surface area contributed by atoms with E-state index in [1.54, 1.807) is 0 Å². The van der Waals surface area contributed by atoms with Gasteiger partial charge in [0.15, 0.2) is 0 Å². The zero-order valence-electron chi connectivity index (χ0n) is 13.1. The molecule has 3 heteroatoms. The van der Waals surface area contributed by atoms with Gasteiger partial charge in [-0.15, -0.1) is 0 Å². The summed E-state index contributed by atoms with van der Waals surface area (Å²) >= 11 is 0. The monoisotopic (exact) mass is 297 g/mol. The van der Waals surface area contributed by atoms with Gasteiger partial charge in [0.25, 0.3) is 0 Å². The van der Waals surface area contributed by atoms with E-state index in [2.05, 4.69) is 30.0 Å². The van der Waals surface area contributed by atoms with Gasteiger partial charge in [0.05, 0.1) is 6.10 Å². The van der Waals surface area contributed by atoms with Crippen LogP contribution >= 0.6 is 0 Å². The molecule has 116 valence electrons. The molecule has 4 rings (SSSR count). The number of piperidine rings is 1. The van der Waals surface area contributed by atoms with Gasteiger partial charge >= 0.3 is 0 Å². The van der Waals surface area contributed by atoms with Crippen LogP contribution in [0.25, 0.3) is 10.8 Å². The van der Waals surface area contributed by atoms with Crippen molar-refractivity contribution in [2.45, 2.75) is 37.9 Å². The highest BCUT2D eigenvalue weighted by atomic mass is 16.5. The van der Waals surface area contributed by atoms with E-state index in [4.69, 9.17) is 4.74 Å². The average Bonchev–Trinajstić information content (AvgIpc) is 2.54. The molecule has 22 heavy (non-hydrogen) atoms. The van der Waals surface area contributed by atoms with Crippen molar-refractivity contribution < 1.29 is 9.84 Å². The lowest BCUT2D eigenvalue weighted by atomic mass is 9.82. The summed E-state index contributed by atoms with van der Waals surface area (Å²) < 4.78 is 6.57. The largest absolute Gasteiger partial charge is 0.485 e. The normalized spacial score (nSPS) is 28.5. The van der Waals surface area contributed by atoms with Crippen molar-refractivity contribution in [1.29, 1.82) is 0 Å². The van der Waals surface area contributed by atoms with Crippen molar-refractivity contribution in [3.63, 3.8) is 0 Å². The zero-order valence-corrected chi connectivity index (χ0v) is 13.1. The molecule has 0 aliphatic carbocycles. The smallest absolute Gasteiger partial charge is 0.133 e. The third kappa shape index (κ3) is 2.20. The van der Waals surface area contributed by atoms with E-state index in [0.717, 1.165) is 49.2 Å². The maximum atomic E-state index is 10.7. The van der Waals surface area contributed by atoms with Crippen molar-refractivity contribution in [2.24, 2.45) is 0 Å². The van der Waals surface area contributed by atoms with Gasteiger partial charge in [-0.05, 0) is 31.3 Å². The van der Waals surface area contributed by atoms with Crippen molar-refractivity contribution >= 4 is 10.8 Å². The fourth-order valence-corrected chi connectivity index (χ4v) is 4.07. The number of nitrogens with zero attached hydrogens (tertiary/aromatic N) is 1. The van der Waals surface area contributed by atoms with Crippen LogP contribution < -0.4 is 4.74 Å². The summed E-state index contributed by atoms with van der Waals surface area (Å²) in [6.07, 6.45) is 2.45. The third-order valence-corrected chi connectivity index (χ3v) is 5.22. The van der Waals surface area contributed by atoms with E-state index in [1.807, 2.05) is 18.2 Å². The molecule has 0 aromatic heterocycles. The van der Waals surface area contributed by atoms with E-state index in [-0.39, 0.29) is 5.60 Å². The van der Waals surface area contributed by atoms with Gasteiger partial charge in [-0.1, -0.05) is 43.3 Å². The molecular weight excluding hydrogens is 274 g/mol. The van der Waals surface area contributed by atoms with Crippen LogP contribution in [0.3, 0.4) is 0 Å². The Morgan fingerprint density at radius 1 is 1.27 bits per heavy atom. The van der Waals surface area contributed by atoms with Crippen LogP contribution in [0.2, 0.25) is 0 Å². The summed E-state index contributed by atoms with van der Waals surface area (Å²) in [4.78, 5) is 2.44. The zero-order chi connectivity index (χ0) is 15.2. The first kappa shape index (κ1) is 14.0. The third-order valence-electron chi connectivity index (χ3n) is 5.22. The fourth-order valence-electron chi connectivity index (χ4n) is 4.07. The molecule has 0 radical (unpaired) electrons. The first-order chi connectivity index (χ1) is 10.7. The second kappa shape index (κ2) is 5.25. The molecule has 1 spiro atoms. The molecule has 0 saturated carbocycles. The number of fused-ring (bicyclic) bond motifs is 3. The number of likely N-dealkylation sites (N-methyl/N-ethyl adjacent to an activating group) is 1. The van der Waals surface area contributed by atoms with Gasteiger partial charge in [0.1, 0.15) is 11.4 Å². The molecule has 1 unspecified atom stereocenters. The number of aliphatic hydroxyl groups excluding tert-OH is 1. The Morgan fingerprint density at radius 3 is 3.00 bits per heavy atom. The lowest BCUT2D eigenvalue weighted by Gasteiger charge is -2.46. The predicted octanol–water partition coefficient (Wildman–Crippen LogP) is 3.51. The summed E-state index contributed by atoms with van der Waals surface area (Å²) in [6.45, 7) is 5.30. The van der Waals surface area contributed by atoms with Crippen LogP contribution in [0.15, 0.2) is 36.4 Å². The first-order valence-corrected chi connectivity index (χ1v) is 8.32. The minimum absolute atomic E-state index is 0.231. The molecule has 3 nitrogen and oxygen atoms in total. The molecule has 0 bridgehead atoms. The van der Waals surface area contributed by atoms with Crippen LogP contribution in [-0.2, 0) is 0 Å². The highest BCUT2D eigenvalue weighted by molar-refractivity contribution is 5.90. The standard InChI is InChI=1S/C19H23NO2/c1-2-20-11-5-10-19(13-20)12-17(21)16-9-8-14-6-3-4-7-15(14)18(16)22-19/h3-4,6-9,17,21H,2,5,10-13H2,1H3/t17?,19-/m1/s1. The Hall–Kier alpha value is -1.58. The van der Waals surface area contributed by atoms with Crippen LogP contribution in [0, 0.1) is 0 Å². The molecule has 2 aromatic carbocycles. The van der Waals surface area contributed by atoms with Gasteiger partial charge in [-0.25, -0.2) is 0 Å². The molecule has 1 saturated heterocycles. The van der Waals surface area contributed by atoms with E-state index in [1.165, 1.54) is 5.39 Å². The number of aliphatic hydroxyl groups is 1. The summed E-state index contributed by atoms with van der Waals surface area (Å²) in [5, 5.41) is 13.0. The second-order valence-electron chi connectivity index (χ2n) is 6.68. The van der Waals surface area contributed by atoms with Crippen LogP contribution in [0.1, 0.15) is 37.9 Å². The first-order valence-electron chi connectivity index (χ1n) is 8.32. The number of ether oxygens (including phenoxy) is 1. The molecule has 2 heterocycles. The van der Waals surface area contributed by atoms with Crippen LogP contribution in [-0.4, -0.2) is 35.2 Å². The van der Waals surface area contributed by atoms with Gasteiger partial charge < -0.3 is 9.84 Å². The molecular formula is C19H23NO2. The van der Waals surface area contributed by atoms with Gasteiger partial charge in [-0.3, -0.25) is 4.90 Å². The Balaban J connectivity index is 1.79. The number of likely N-dealkylation sites (tertiary alicyclic amines) is 1. The van der Waals surface area contributed by atoms with Crippen molar-refractivity contribution in [1.82, 2.24) is 4.90 Å². The summed E-state index contributed by atoms with van der Waals surface area (Å²) in [7, 11) is 0. The highest BCUT2D eigenvalue weighted by Gasteiger charge is 2.43. The van der Waals surface area contributed by atoms with Gasteiger partial charge in [0.2, 0.25) is 0 Å². The Labute approximate surface area is 131 Å². The quantitative estimate of drug-likeness (QED) is 0.874. The van der Waals surface area contributed by atoms with E-state index in [9.17, 15) is 5.11 Å². The molecule has 1 fully saturated rings. The SMILES string of the molecule is CCN1CCC[C@@]2(CC(O)c3ccc4ccccc4c3O2)C1. The van der Waals surface area contributed by atoms with Crippen LogP contribution in [0.5, 0.6) is 5.75 Å². The Bertz CT molecular complexity index is 699. The summed E-state index contributed by atoms with van der Waals surface area (Å²) in [6, 6.07) is 12.4. The van der Waals surface area contributed by atoms with E-state index >= 15 is 0 Å². The molecule has 2 aliphatic heterocycles. The lowest BCUT2D eigenvalue weighted by molar-refractivity contribution is -0.0585. The minimum Gasteiger partial charge on any atom is -0.485 e. The van der Waals surface area contributed by atoms with Gasteiger partial charge in [-0.2, -0.15) is 0 Å². The number of hydrogen-bond acceptors (Lipinski definition) is 3. The maximum absolute atomic E-state index is 10.7. The average molecular weight is 297 g/mol. The van der Waals surface area contributed by atoms with E-state index < -0.39 is 6.10 Å². The predicted molar refractivity (Wildman–Crippen MR) is 88.2 cm³/mol.